The van der Waals surface area contributed by atoms with Crippen molar-refractivity contribution in [3.05, 3.63) is 83.8 Å². The Labute approximate surface area is 227 Å². The first-order chi connectivity index (χ1) is 18.8. The van der Waals surface area contributed by atoms with Crippen LogP contribution in [0.5, 0.6) is 0 Å². The van der Waals surface area contributed by atoms with E-state index in [1.165, 1.54) is 36.5 Å². The highest BCUT2D eigenvalue weighted by Gasteiger charge is 2.45. The van der Waals surface area contributed by atoms with Gasteiger partial charge in [-0.2, -0.15) is 13.2 Å². The zero-order valence-corrected chi connectivity index (χ0v) is 22.2. The molecule has 2 aromatic heterocycles. The number of halogens is 5. The van der Waals surface area contributed by atoms with E-state index in [1.807, 2.05) is 6.92 Å². The molecule has 40 heavy (non-hydrogen) atoms. The normalized spacial score (nSPS) is 18.2. The Kier molecular flexibility index (Phi) is 7.29. The topological polar surface area (TPSA) is 80.1 Å². The van der Waals surface area contributed by atoms with Crippen molar-refractivity contribution in [3.63, 3.8) is 0 Å². The Morgan fingerprint density at radius 1 is 1.02 bits per heavy atom. The average Bonchev–Trinajstić information content (AvgIpc) is 3.35. The first kappa shape index (κ1) is 28.0. The molecule has 0 radical (unpaired) electrons. The number of rotatable bonds is 7. The first-order valence-corrected chi connectivity index (χ1v) is 14.0. The number of piperidine rings is 1. The molecule has 0 bridgehead atoms. The number of aromatic nitrogens is 3. The second kappa shape index (κ2) is 10.4. The van der Waals surface area contributed by atoms with E-state index in [-0.39, 0.29) is 29.3 Å². The lowest BCUT2D eigenvalue weighted by Crippen LogP contribution is -2.54. The molecule has 1 fully saturated rings. The van der Waals surface area contributed by atoms with Gasteiger partial charge in [-0.3, -0.25) is 4.90 Å². The van der Waals surface area contributed by atoms with E-state index in [0.717, 1.165) is 28.0 Å². The Hall–Kier alpha value is -3.58. The van der Waals surface area contributed by atoms with Gasteiger partial charge in [-0.15, -0.1) is 0 Å². The fourth-order valence-electron chi connectivity index (χ4n) is 4.75. The fraction of sp³-hybridized carbons (Fsp3) is 0.333. The molecular formula is C27H26F5N5O2S. The Bertz CT molecular complexity index is 1600. The molecule has 0 spiro atoms. The van der Waals surface area contributed by atoms with Gasteiger partial charge < -0.3 is 5.32 Å². The summed E-state index contributed by atoms with van der Waals surface area (Å²) in [6.45, 7) is 1.91. The molecule has 13 heteroatoms. The quantitative estimate of drug-likeness (QED) is 0.297. The number of hydrogen-bond acceptors (Lipinski definition) is 6. The molecule has 1 saturated heterocycles. The molecular weight excluding hydrogens is 553 g/mol. The minimum atomic E-state index is -4.43. The van der Waals surface area contributed by atoms with Crippen molar-refractivity contribution in [2.24, 2.45) is 0 Å². The van der Waals surface area contributed by atoms with Gasteiger partial charge in [0.1, 0.15) is 12.1 Å². The predicted molar refractivity (Wildman–Crippen MR) is 140 cm³/mol. The number of anilines is 1. The molecule has 5 rings (SSSR count). The molecule has 1 N–H and O–H groups in total. The monoisotopic (exact) mass is 579 g/mol. The molecule has 3 heterocycles. The summed E-state index contributed by atoms with van der Waals surface area (Å²) in [5, 5.41) is 3.09. The second-order valence-corrected chi connectivity index (χ2v) is 11.7. The minimum absolute atomic E-state index is 0.0652. The van der Waals surface area contributed by atoms with Crippen molar-refractivity contribution in [2.45, 2.75) is 42.8 Å². The molecule has 1 aliphatic heterocycles. The van der Waals surface area contributed by atoms with Gasteiger partial charge in [-0.25, -0.2) is 31.1 Å². The van der Waals surface area contributed by atoms with Gasteiger partial charge in [0.15, 0.2) is 5.65 Å². The van der Waals surface area contributed by atoms with Gasteiger partial charge in [-0.1, -0.05) is 29.8 Å². The van der Waals surface area contributed by atoms with Crippen molar-refractivity contribution in [2.75, 3.05) is 25.0 Å². The number of likely N-dealkylation sites (tertiary alicyclic amines) is 1. The summed E-state index contributed by atoms with van der Waals surface area (Å²) in [5.74, 6) is -3.04. The van der Waals surface area contributed by atoms with Crippen LogP contribution in [0.1, 0.15) is 23.1 Å². The molecule has 1 atom stereocenters. The lowest BCUT2D eigenvalue weighted by Gasteiger charge is -2.38. The maximum atomic E-state index is 15.2. The third kappa shape index (κ3) is 5.66. The van der Waals surface area contributed by atoms with E-state index in [2.05, 4.69) is 15.3 Å². The van der Waals surface area contributed by atoms with Gasteiger partial charge in [-0.05, 0) is 55.7 Å². The number of nitrogens with zero attached hydrogens (tertiary/aromatic N) is 4. The summed E-state index contributed by atoms with van der Waals surface area (Å²) in [6, 6.07) is 11.2. The van der Waals surface area contributed by atoms with E-state index in [0.29, 0.717) is 23.9 Å². The summed E-state index contributed by atoms with van der Waals surface area (Å²) in [6.07, 6.45) is -1.57. The van der Waals surface area contributed by atoms with Gasteiger partial charge in [0.25, 0.3) is 15.9 Å². The van der Waals surface area contributed by atoms with Crippen LogP contribution in [0.15, 0.2) is 72.0 Å². The Morgan fingerprint density at radius 2 is 1.73 bits per heavy atom. The number of alkyl halides is 5. The molecule has 0 saturated carbocycles. The third-order valence-electron chi connectivity index (χ3n) is 7.01. The summed E-state index contributed by atoms with van der Waals surface area (Å²) >= 11 is 0. The number of hydrogen-bond donors (Lipinski definition) is 1. The summed E-state index contributed by atoms with van der Waals surface area (Å²) in [4.78, 5) is 9.86. The molecule has 2 aromatic carbocycles. The van der Waals surface area contributed by atoms with Crippen LogP contribution in [0.4, 0.5) is 27.8 Å². The van der Waals surface area contributed by atoms with Crippen LogP contribution in [-0.4, -0.2) is 58.9 Å². The van der Waals surface area contributed by atoms with Crippen LogP contribution in [-0.2, 0) is 22.6 Å². The van der Waals surface area contributed by atoms with Gasteiger partial charge in [0, 0.05) is 19.3 Å². The van der Waals surface area contributed by atoms with E-state index >= 15 is 8.78 Å². The molecule has 0 amide bonds. The molecule has 0 aliphatic carbocycles. The predicted octanol–water partition coefficient (Wildman–Crippen LogP) is 5.36. The number of aryl methyl sites for hydroxylation is 1. The van der Waals surface area contributed by atoms with E-state index < -0.39 is 40.3 Å². The highest BCUT2D eigenvalue weighted by Crippen LogP contribution is 2.33. The second-order valence-electron chi connectivity index (χ2n) is 9.86. The Morgan fingerprint density at radius 3 is 2.38 bits per heavy atom. The zero-order chi connectivity index (χ0) is 28.7. The van der Waals surface area contributed by atoms with Crippen LogP contribution in [0.2, 0.25) is 0 Å². The van der Waals surface area contributed by atoms with E-state index in [4.69, 9.17) is 0 Å². The summed E-state index contributed by atoms with van der Waals surface area (Å²) < 4.78 is 96.1. The van der Waals surface area contributed by atoms with Crippen molar-refractivity contribution >= 4 is 26.9 Å². The average molecular weight is 580 g/mol. The lowest BCUT2D eigenvalue weighted by atomic mass is 9.99. The maximum Gasteiger partial charge on any atom is 0.416 e. The van der Waals surface area contributed by atoms with Crippen LogP contribution >= 0.6 is 0 Å². The van der Waals surface area contributed by atoms with Gasteiger partial charge in [0.2, 0.25) is 0 Å². The summed E-state index contributed by atoms with van der Waals surface area (Å²) in [5.41, 5.74) is 0.841. The molecule has 7 nitrogen and oxygen atoms in total. The molecule has 1 aliphatic rings. The van der Waals surface area contributed by atoms with Crippen LogP contribution in [0.3, 0.4) is 0 Å². The Balaban J connectivity index is 1.27. The highest BCUT2D eigenvalue weighted by atomic mass is 32.2. The molecule has 4 aromatic rings. The fourth-order valence-corrected chi connectivity index (χ4v) is 6.05. The smallest absolute Gasteiger partial charge is 0.361 e. The third-order valence-corrected chi connectivity index (χ3v) is 8.69. The van der Waals surface area contributed by atoms with E-state index in [1.54, 1.807) is 17.0 Å². The standard InChI is InChI=1S/C27H26F5N5O2S/c1-18-2-8-21(9-3-18)40(38,39)37-15-11-22-24(33-17-34-25(22)37)35-23-12-14-36(16-26(23,28)29)13-10-19-4-6-20(7-5-19)27(30,31)32/h2-9,11,15,17,23H,10,12-14,16H2,1H3,(H,33,34,35). The highest BCUT2D eigenvalue weighted by molar-refractivity contribution is 7.90. The van der Waals surface area contributed by atoms with Crippen molar-refractivity contribution < 1.29 is 30.4 Å². The number of nitrogens with one attached hydrogen (secondary N) is 1. The van der Waals surface area contributed by atoms with Gasteiger partial charge >= 0.3 is 6.18 Å². The zero-order valence-electron chi connectivity index (χ0n) is 21.4. The largest absolute Gasteiger partial charge is 0.416 e. The maximum absolute atomic E-state index is 15.2. The SMILES string of the molecule is Cc1ccc(S(=O)(=O)n2ccc3c(NC4CCN(CCc5ccc(C(F)(F)F)cc5)CC4(F)F)ncnc32)cc1. The van der Waals surface area contributed by atoms with Crippen molar-refractivity contribution in [1.29, 1.82) is 0 Å². The minimum Gasteiger partial charge on any atom is -0.361 e. The lowest BCUT2D eigenvalue weighted by molar-refractivity contribution is -0.137. The van der Waals surface area contributed by atoms with Crippen LogP contribution < -0.4 is 5.32 Å². The van der Waals surface area contributed by atoms with Crippen molar-refractivity contribution in [1.82, 2.24) is 18.8 Å². The van der Waals surface area contributed by atoms with Crippen molar-refractivity contribution in [3.8, 4) is 0 Å². The van der Waals surface area contributed by atoms with E-state index in [9.17, 15) is 21.6 Å². The number of fused-ring (bicyclic) bond motifs is 1. The molecule has 1 unspecified atom stereocenters. The number of benzene rings is 2. The van der Waals surface area contributed by atoms with Gasteiger partial charge in [0.05, 0.1) is 28.4 Å². The van der Waals surface area contributed by atoms with Crippen LogP contribution in [0, 0.1) is 6.92 Å². The summed E-state index contributed by atoms with van der Waals surface area (Å²) in [7, 11) is -3.97. The first-order valence-electron chi connectivity index (χ1n) is 12.5. The van der Waals surface area contributed by atoms with Crippen LogP contribution in [0.25, 0.3) is 11.0 Å². The molecule has 212 valence electrons.